The van der Waals surface area contributed by atoms with Gasteiger partial charge in [0.2, 0.25) is 5.95 Å². The van der Waals surface area contributed by atoms with Gasteiger partial charge < -0.3 is 10.2 Å². The van der Waals surface area contributed by atoms with Gasteiger partial charge in [-0.25, -0.2) is 4.98 Å². The maximum absolute atomic E-state index is 13.0. The predicted octanol–water partition coefficient (Wildman–Crippen LogP) is 4.56. The summed E-state index contributed by atoms with van der Waals surface area (Å²) in [6, 6.07) is 8.68. The lowest BCUT2D eigenvalue weighted by atomic mass is 10.0. The van der Waals surface area contributed by atoms with Crippen molar-refractivity contribution in [3.8, 4) is 0 Å². The molecular weight excluding hydrogens is 513 g/mol. The van der Waals surface area contributed by atoms with Crippen LogP contribution >= 0.6 is 34.8 Å². The van der Waals surface area contributed by atoms with E-state index in [1.165, 1.54) is 0 Å². The van der Waals surface area contributed by atoms with E-state index in [4.69, 9.17) is 34.8 Å². The Labute approximate surface area is 215 Å². The Morgan fingerprint density at radius 3 is 2.66 bits per heavy atom. The van der Waals surface area contributed by atoms with Crippen LogP contribution in [0.5, 0.6) is 0 Å². The number of halogens is 3. The second kappa shape index (κ2) is 9.85. The number of hydrogen-bond donors (Lipinski definition) is 2. The first-order chi connectivity index (χ1) is 16.9. The smallest absolute Gasteiger partial charge is 0.278 e. The van der Waals surface area contributed by atoms with Gasteiger partial charge >= 0.3 is 0 Å². The zero-order valence-electron chi connectivity index (χ0n) is 18.3. The van der Waals surface area contributed by atoms with Crippen LogP contribution in [0.15, 0.2) is 47.5 Å². The molecule has 4 heterocycles. The fourth-order valence-corrected chi connectivity index (χ4v) is 4.72. The highest BCUT2D eigenvalue weighted by atomic mass is 35.5. The molecule has 0 bridgehead atoms. The zero-order chi connectivity index (χ0) is 24.5. The number of carbonyl (C=O) groups excluding carboxylic acids is 1. The number of benzene rings is 1. The summed E-state index contributed by atoms with van der Waals surface area (Å²) >= 11 is 18.4. The quantitative estimate of drug-likeness (QED) is 0.390. The molecule has 5 rings (SSSR count). The number of amides is 1. The average molecular weight is 533 g/mol. The fourth-order valence-electron chi connectivity index (χ4n) is 4.18. The monoisotopic (exact) mass is 531 g/mol. The van der Waals surface area contributed by atoms with Crippen LogP contribution in [0, 0.1) is 0 Å². The average Bonchev–Trinajstić information content (AvgIpc) is 3.22. The lowest BCUT2D eigenvalue weighted by Crippen LogP contribution is -2.39. The van der Waals surface area contributed by atoms with Gasteiger partial charge in [0, 0.05) is 32.0 Å². The number of likely N-dealkylation sites (tertiary alicyclic amines) is 1. The molecule has 1 aliphatic rings. The van der Waals surface area contributed by atoms with E-state index in [0.717, 1.165) is 5.56 Å². The molecule has 4 aromatic rings. The van der Waals surface area contributed by atoms with Crippen molar-refractivity contribution < 1.29 is 4.79 Å². The number of pyridine rings is 1. The minimum absolute atomic E-state index is 0.0582. The van der Waals surface area contributed by atoms with Gasteiger partial charge in [-0.1, -0.05) is 40.9 Å². The molecule has 0 saturated carbocycles. The summed E-state index contributed by atoms with van der Waals surface area (Å²) in [5.74, 6) is 0.212. The lowest BCUT2D eigenvalue weighted by Gasteiger charge is -2.32. The van der Waals surface area contributed by atoms with Gasteiger partial charge in [0.15, 0.2) is 10.7 Å². The number of nitrogens with zero attached hydrogens (tertiary/aromatic N) is 5. The Kier molecular flexibility index (Phi) is 6.64. The SMILES string of the molecule is O=C(c1cccnc1)N1CCC(n2nc(Cl)c3nc(NCc4ccc(Cl)c(Cl)c4)[nH]c(=O)c32)CC1. The second-order valence-corrected chi connectivity index (χ2v) is 9.39. The minimum Gasteiger partial charge on any atom is -0.352 e. The number of carbonyl (C=O) groups is 1. The van der Waals surface area contributed by atoms with Crippen molar-refractivity contribution in [1.29, 1.82) is 0 Å². The van der Waals surface area contributed by atoms with Gasteiger partial charge in [0.1, 0.15) is 5.52 Å². The van der Waals surface area contributed by atoms with E-state index in [0.29, 0.717) is 59.1 Å². The number of anilines is 1. The van der Waals surface area contributed by atoms with Crippen molar-refractivity contribution in [3.63, 3.8) is 0 Å². The molecular formula is C23H20Cl3N7O2. The number of nitrogens with one attached hydrogen (secondary N) is 2. The fraction of sp³-hybridized carbons (Fsp3) is 0.261. The van der Waals surface area contributed by atoms with E-state index in [9.17, 15) is 9.59 Å². The Bertz CT molecular complexity index is 1450. The van der Waals surface area contributed by atoms with Crippen molar-refractivity contribution in [2.45, 2.75) is 25.4 Å². The van der Waals surface area contributed by atoms with Crippen molar-refractivity contribution in [1.82, 2.24) is 29.6 Å². The molecule has 1 amide bonds. The van der Waals surface area contributed by atoms with Gasteiger partial charge in [-0.15, -0.1) is 0 Å². The summed E-state index contributed by atoms with van der Waals surface area (Å²) in [7, 11) is 0. The number of fused-ring (bicyclic) bond motifs is 1. The summed E-state index contributed by atoms with van der Waals surface area (Å²) in [6.45, 7) is 1.44. The second-order valence-electron chi connectivity index (χ2n) is 8.21. The van der Waals surface area contributed by atoms with Gasteiger partial charge in [-0.2, -0.15) is 5.10 Å². The molecule has 0 atom stereocenters. The Balaban J connectivity index is 1.32. The van der Waals surface area contributed by atoms with Crippen LogP contribution in [-0.2, 0) is 6.54 Å². The van der Waals surface area contributed by atoms with Crippen LogP contribution in [0.1, 0.15) is 34.8 Å². The van der Waals surface area contributed by atoms with Gasteiger partial charge in [0.05, 0.1) is 21.7 Å². The molecule has 2 N–H and O–H groups in total. The van der Waals surface area contributed by atoms with Crippen LogP contribution in [0.25, 0.3) is 11.0 Å². The molecule has 0 aliphatic carbocycles. The third kappa shape index (κ3) is 4.84. The number of piperidine rings is 1. The normalized spacial score (nSPS) is 14.4. The van der Waals surface area contributed by atoms with E-state index in [2.05, 4.69) is 25.4 Å². The van der Waals surface area contributed by atoms with Crippen LogP contribution in [0.3, 0.4) is 0 Å². The highest BCUT2D eigenvalue weighted by Gasteiger charge is 2.28. The van der Waals surface area contributed by atoms with E-state index in [1.54, 1.807) is 46.2 Å². The first kappa shape index (κ1) is 23.6. The van der Waals surface area contributed by atoms with E-state index < -0.39 is 0 Å². The number of rotatable bonds is 5. The lowest BCUT2D eigenvalue weighted by molar-refractivity contribution is 0.0691. The Morgan fingerprint density at radius 1 is 1.14 bits per heavy atom. The number of H-pyrrole nitrogens is 1. The van der Waals surface area contributed by atoms with Crippen molar-refractivity contribution >= 4 is 57.7 Å². The molecule has 180 valence electrons. The van der Waals surface area contributed by atoms with Crippen LogP contribution in [0.4, 0.5) is 5.95 Å². The topological polar surface area (TPSA) is 109 Å². The molecule has 0 spiro atoms. The zero-order valence-corrected chi connectivity index (χ0v) is 20.6. The first-order valence-corrected chi connectivity index (χ1v) is 12.1. The molecule has 0 radical (unpaired) electrons. The van der Waals surface area contributed by atoms with E-state index >= 15 is 0 Å². The predicted molar refractivity (Wildman–Crippen MR) is 135 cm³/mol. The molecule has 1 saturated heterocycles. The molecule has 1 aromatic carbocycles. The van der Waals surface area contributed by atoms with Crippen LogP contribution < -0.4 is 10.9 Å². The summed E-state index contributed by atoms with van der Waals surface area (Å²) in [5.41, 5.74) is 1.71. The van der Waals surface area contributed by atoms with Crippen LogP contribution in [-0.4, -0.2) is 48.6 Å². The number of hydrogen-bond acceptors (Lipinski definition) is 6. The number of aromatic amines is 1. The van der Waals surface area contributed by atoms with Crippen molar-refractivity contribution in [3.05, 3.63) is 79.4 Å². The summed E-state index contributed by atoms with van der Waals surface area (Å²) in [5, 5.41) is 8.55. The maximum Gasteiger partial charge on any atom is 0.278 e. The molecule has 1 fully saturated rings. The molecule has 3 aromatic heterocycles. The highest BCUT2D eigenvalue weighted by Crippen LogP contribution is 2.29. The summed E-state index contributed by atoms with van der Waals surface area (Å²) in [4.78, 5) is 38.7. The standard InChI is InChI=1S/C23H20Cl3N7O2/c24-16-4-3-13(10-17(16)25)11-28-23-29-18-19(21(34)30-23)33(31-20(18)26)15-5-8-32(9-6-15)22(35)14-2-1-7-27-12-14/h1-4,7,10,12,15H,5-6,8-9,11H2,(H2,28,29,30,34). The first-order valence-electron chi connectivity index (χ1n) is 11.0. The largest absolute Gasteiger partial charge is 0.352 e. The van der Waals surface area contributed by atoms with E-state index in [1.807, 2.05) is 6.07 Å². The minimum atomic E-state index is -0.347. The van der Waals surface area contributed by atoms with E-state index in [-0.39, 0.29) is 28.6 Å². The third-order valence-corrected chi connectivity index (χ3v) is 6.96. The molecule has 1 aliphatic heterocycles. The maximum atomic E-state index is 13.0. The van der Waals surface area contributed by atoms with Gasteiger partial charge in [-0.05, 0) is 42.7 Å². The van der Waals surface area contributed by atoms with Crippen molar-refractivity contribution in [2.75, 3.05) is 18.4 Å². The number of aromatic nitrogens is 5. The van der Waals surface area contributed by atoms with Gasteiger partial charge in [0.25, 0.3) is 11.5 Å². The Morgan fingerprint density at radius 2 is 1.94 bits per heavy atom. The summed E-state index contributed by atoms with van der Waals surface area (Å²) in [6.07, 6.45) is 4.47. The Hall–Kier alpha value is -3.14. The molecule has 0 unspecified atom stereocenters. The molecule has 35 heavy (non-hydrogen) atoms. The molecule has 9 nitrogen and oxygen atoms in total. The summed E-state index contributed by atoms with van der Waals surface area (Å²) < 4.78 is 1.64. The van der Waals surface area contributed by atoms with Crippen LogP contribution in [0.2, 0.25) is 15.2 Å². The third-order valence-electron chi connectivity index (χ3n) is 5.96. The highest BCUT2D eigenvalue weighted by molar-refractivity contribution is 6.42. The van der Waals surface area contributed by atoms with Crippen molar-refractivity contribution in [2.24, 2.45) is 0 Å². The van der Waals surface area contributed by atoms with Gasteiger partial charge in [-0.3, -0.25) is 24.2 Å². The molecule has 12 heteroatoms.